The van der Waals surface area contributed by atoms with E-state index in [1.54, 1.807) is 11.3 Å². The predicted molar refractivity (Wildman–Crippen MR) is 80.4 cm³/mol. The fraction of sp³-hybridized carbons (Fsp3) is 0.800. The highest BCUT2D eigenvalue weighted by atomic mass is 35.5. The van der Waals surface area contributed by atoms with Gasteiger partial charge in [-0.05, 0) is 48.9 Å². The largest absolute Gasteiger partial charge is 0.253 e. The average molecular weight is 286 g/mol. The maximum atomic E-state index is 6.30. The molecular formula is C15H24ClNS. The minimum absolute atomic E-state index is 0.329. The summed E-state index contributed by atoms with van der Waals surface area (Å²) in [6.07, 6.45) is 8.34. The highest BCUT2D eigenvalue weighted by molar-refractivity contribution is 7.09. The summed E-state index contributed by atoms with van der Waals surface area (Å²) in [4.78, 5) is 5.58. The standard InChI is InChI=1S/C15H24ClNS/c1-14(2,3)12-4-6-15(10-16,7-5-12)8-13-9-17-11-18-13/h9,11-12H,4-8,10H2,1-3H3. The molecule has 102 valence electrons. The van der Waals surface area contributed by atoms with Gasteiger partial charge in [-0.3, -0.25) is 4.98 Å². The molecule has 0 amide bonds. The molecule has 3 heteroatoms. The quantitative estimate of drug-likeness (QED) is 0.700. The number of hydrogen-bond donors (Lipinski definition) is 0. The Balaban J connectivity index is 2.00. The third kappa shape index (κ3) is 3.27. The van der Waals surface area contributed by atoms with Crippen molar-refractivity contribution in [1.29, 1.82) is 0 Å². The van der Waals surface area contributed by atoms with Gasteiger partial charge in [0.25, 0.3) is 0 Å². The van der Waals surface area contributed by atoms with E-state index in [0.717, 1.165) is 18.2 Å². The molecule has 1 aromatic heterocycles. The number of hydrogen-bond acceptors (Lipinski definition) is 2. The summed E-state index contributed by atoms with van der Waals surface area (Å²) < 4.78 is 0. The summed E-state index contributed by atoms with van der Waals surface area (Å²) in [6, 6.07) is 0. The molecule has 0 aromatic carbocycles. The molecule has 0 N–H and O–H groups in total. The first-order valence-corrected chi connectivity index (χ1v) is 8.30. The average Bonchev–Trinajstić information content (AvgIpc) is 2.81. The van der Waals surface area contributed by atoms with Crippen molar-refractivity contribution >= 4 is 22.9 Å². The number of rotatable bonds is 3. The summed E-state index contributed by atoms with van der Waals surface area (Å²) in [5, 5.41) is 0. The molecule has 0 atom stereocenters. The highest BCUT2D eigenvalue weighted by Crippen LogP contribution is 2.47. The van der Waals surface area contributed by atoms with Crippen LogP contribution >= 0.6 is 22.9 Å². The van der Waals surface area contributed by atoms with Crippen molar-refractivity contribution in [2.24, 2.45) is 16.7 Å². The fourth-order valence-corrected chi connectivity index (χ4v) is 4.28. The number of nitrogens with zero attached hydrogens (tertiary/aromatic N) is 1. The molecular weight excluding hydrogens is 262 g/mol. The summed E-state index contributed by atoms with van der Waals surface area (Å²) >= 11 is 8.07. The Labute approximate surface area is 120 Å². The van der Waals surface area contributed by atoms with E-state index in [4.69, 9.17) is 11.6 Å². The van der Waals surface area contributed by atoms with Gasteiger partial charge in [0, 0.05) is 17.0 Å². The van der Waals surface area contributed by atoms with Gasteiger partial charge in [-0.2, -0.15) is 0 Å². The van der Waals surface area contributed by atoms with Crippen LogP contribution in [0.3, 0.4) is 0 Å². The second-order valence-electron chi connectivity index (χ2n) is 6.92. The second-order valence-corrected chi connectivity index (χ2v) is 8.16. The van der Waals surface area contributed by atoms with Gasteiger partial charge in [0.1, 0.15) is 0 Å². The summed E-state index contributed by atoms with van der Waals surface area (Å²) in [5.74, 6) is 1.65. The molecule has 18 heavy (non-hydrogen) atoms. The van der Waals surface area contributed by atoms with Crippen LogP contribution in [0.15, 0.2) is 11.7 Å². The maximum Gasteiger partial charge on any atom is 0.0794 e. The first-order chi connectivity index (χ1) is 8.45. The topological polar surface area (TPSA) is 12.9 Å². The molecule has 1 nitrogen and oxygen atoms in total. The lowest BCUT2D eigenvalue weighted by atomic mass is 9.63. The number of thiazole rings is 1. The minimum atomic E-state index is 0.329. The predicted octanol–water partition coefficient (Wildman–Crippen LogP) is 5.15. The smallest absolute Gasteiger partial charge is 0.0794 e. The third-order valence-corrected chi connectivity index (χ3v) is 5.93. The van der Waals surface area contributed by atoms with Crippen molar-refractivity contribution in [3.8, 4) is 0 Å². The molecule has 1 aromatic rings. The highest BCUT2D eigenvalue weighted by Gasteiger charge is 2.38. The number of halogens is 1. The van der Waals surface area contributed by atoms with Gasteiger partial charge in [0.2, 0.25) is 0 Å². The zero-order chi connectivity index (χ0) is 13.2. The van der Waals surface area contributed by atoms with Crippen LogP contribution in [0, 0.1) is 16.7 Å². The Morgan fingerprint density at radius 2 is 2.06 bits per heavy atom. The van der Waals surface area contributed by atoms with Crippen molar-refractivity contribution in [2.75, 3.05) is 5.88 Å². The van der Waals surface area contributed by atoms with E-state index < -0.39 is 0 Å². The van der Waals surface area contributed by atoms with E-state index in [2.05, 4.69) is 25.8 Å². The van der Waals surface area contributed by atoms with Crippen molar-refractivity contribution in [1.82, 2.24) is 4.98 Å². The number of alkyl halides is 1. The Hall–Kier alpha value is -0.0800. The molecule has 0 unspecified atom stereocenters. The minimum Gasteiger partial charge on any atom is -0.253 e. The van der Waals surface area contributed by atoms with Crippen molar-refractivity contribution < 1.29 is 0 Å². The molecule has 2 rings (SSSR count). The normalized spacial score (nSPS) is 29.4. The lowest BCUT2D eigenvalue weighted by molar-refractivity contribution is 0.102. The lowest BCUT2D eigenvalue weighted by Crippen LogP contribution is -2.35. The van der Waals surface area contributed by atoms with Crippen molar-refractivity contribution in [2.45, 2.75) is 52.9 Å². The van der Waals surface area contributed by atoms with Crippen LogP contribution in [-0.2, 0) is 6.42 Å². The van der Waals surface area contributed by atoms with E-state index in [1.807, 2.05) is 11.7 Å². The Kier molecular flexibility index (Phi) is 4.38. The van der Waals surface area contributed by atoms with Crippen LogP contribution in [0.2, 0.25) is 0 Å². The zero-order valence-corrected chi connectivity index (χ0v) is 13.3. The van der Waals surface area contributed by atoms with Crippen LogP contribution in [0.5, 0.6) is 0 Å². The van der Waals surface area contributed by atoms with Gasteiger partial charge >= 0.3 is 0 Å². The summed E-state index contributed by atoms with van der Waals surface area (Å²) in [5.41, 5.74) is 2.71. The van der Waals surface area contributed by atoms with Crippen LogP contribution in [0.25, 0.3) is 0 Å². The second kappa shape index (κ2) is 5.50. The van der Waals surface area contributed by atoms with Crippen molar-refractivity contribution in [3.63, 3.8) is 0 Å². The molecule has 0 spiro atoms. The van der Waals surface area contributed by atoms with Gasteiger partial charge in [-0.1, -0.05) is 20.8 Å². The fourth-order valence-electron chi connectivity index (χ4n) is 3.15. The van der Waals surface area contributed by atoms with Crippen LogP contribution in [-0.4, -0.2) is 10.9 Å². The Bertz CT molecular complexity index is 358. The molecule has 0 saturated heterocycles. The lowest BCUT2D eigenvalue weighted by Gasteiger charge is -2.43. The molecule has 1 aliphatic rings. The Morgan fingerprint density at radius 3 is 2.50 bits per heavy atom. The number of aromatic nitrogens is 1. The molecule has 1 aliphatic carbocycles. The molecule has 1 heterocycles. The van der Waals surface area contributed by atoms with E-state index in [0.29, 0.717) is 10.8 Å². The first kappa shape index (κ1) is 14.3. The molecule has 1 fully saturated rings. The first-order valence-electron chi connectivity index (χ1n) is 6.89. The van der Waals surface area contributed by atoms with E-state index in [9.17, 15) is 0 Å². The zero-order valence-electron chi connectivity index (χ0n) is 11.7. The molecule has 0 bridgehead atoms. The van der Waals surface area contributed by atoms with Gasteiger partial charge in [0.15, 0.2) is 0 Å². The van der Waals surface area contributed by atoms with Gasteiger partial charge < -0.3 is 0 Å². The van der Waals surface area contributed by atoms with Gasteiger partial charge in [0.05, 0.1) is 5.51 Å². The van der Waals surface area contributed by atoms with Crippen LogP contribution < -0.4 is 0 Å². The van der Waals surface area contributed by atoms with Crippen LogP contribution in [0.1, 0.15) is 51.3 Å². The summed E-state index contributed by atoms with van der Waals surface area (Å²) in [6.45, 7) is 7.11. The monoisotopic (exact) mass is 285 g/mol. The van der Waals surface area contributed by atoms with Gasteiger partial charge in [-0.25, -0.2) is 0 Å². The van der Waals surface area contributed by atoms with Crippen LogP contribution in [0.4, 0.5) is 0 Å². The molecule has 1 saturated carbocycles. The van der Waals surface area contributed by atoms with E-state index in [-0.39, 0.29) is 0 Å². The SMILES string of the molecule is CC(C)(C)C1CCC(CCl)(Cc2cncs2)CC1. The Morgan fingerprint density at radius 1 is 1.39 bits per heavy atom. The molecule has 0 radical (unpaired) electrons. The van der Waals surface area contributed by atoms with E-state index >= 15 is 0 Å². The van der Waals surface area contributed by atoms with Gasteiger partial charge in [-0.15, -0.1) is 22.9 Å². The summed E-state index contributed by atoms with van der Waals surface area (Å²) in [7, 11) is 0. The van der Waals surface area contributed by atoms with E-state index in [1.165, 1.54) is 30.6 Å². The maximum absolute atomic E-state index is 6.30. The third-order valence-electron chi connectivity index (χ3n) is 4.59. The van der Waals surface area contributed by atoms with Crippen molar-refractivity contribution in [3.05, 3.63) is 16.6 Å². The molecule has 0 aliphatic heterocycles.